The molecule has 0 saturated carbocycles. The van der Waals surface area contributed by atoms with Crippen molar-refractivity contribution in [2.24, 2.45) is 0 Å². The molecule has 0 aliphatic carbocycles. The van der Waals surface area contributed by atoms with Crippen LogP contribution in [0.3, 0.4) is 0 Å². The highest BCUT2D eigenvalue weighted by molar-refractivity contribution is 7.91. The van der Waals surface area contributed by atoms with Gasteiger partial charge in [0.15, 0.2) is 9.84 Å². The Morgan fingerprint density at radius 3 is 2.33 bits per heavy atom. The van der Waals surface area contributed by atoms with E-state index in [4.69, 9.17) is 0 Å². The zero-order valence-corrected chi connectivity index (χ0v) is 12.1. The monoisotopic (exact) mass is 269 g/mol. The summed E-state index contributed by atoms with van der Waals surface area (Å²) in [6.45, 7) is 5.98. The molecule has 0 aliphatic heterocycles. The van der Waals surface area contributed by atoms with Gasteiger partial charge < -0.3 is 5.32 Å². The van der Waals surface area contributed by atoms with E-state index in [2.05, 4.69) is 12.2 Å². The Balaban J connectivity index is 2.38. The molecule has 18 heavy (non-hydrogen) atoms. The fourth-order valence-electron chi connectivity index (χ4n) is 1.71. The van der Waals surface area contributed by atoms with Crippen molar-refractivity contribution >= 4 is 9.84 Å². The van der Waals surface area contributed by atoms with Gasteiger partial charge in [0.2, 0.25) is 0 Å². The first-order valence-corrected chi connectivity index (χ1v) is 8.21. The van der Waals surface area contributed by atoms with Gasteiger partial charge in [0.05, 0.1) is 10.6 Å². The third-order valence-electron chi connectivity index (χ3n) is 2.82. The maximum absolute atomic E-state index is 12.0. The Kier molecular flexibility index (Phi) is 6.36. The molecule has 0 amide bonds. The topological polar surface area (TPSA) is 46.2 Å². The molecule has 0 radical (unpaired) electrons. The van der Waals surface area contributed by atoms with E-state index >= 15 is 0 Å². The summed E-state index contributed by atoms with van der Waals surface area (Å²) in [7, 11) is -3.10. The molecule has 1 rings (SSSR count). The molecule has 0 atom stereocenters. The van der Waals surface area contributed by atoms with Crippen LogP contribution < -0.4 is 5.32 Å². The van der Waals surface area contributed by atoms with Crippen LogP contribution in [0.4, 0.5) is 0 Å². The highest BCUT2D eigenvalue weighted by Gasteiger charge is 2.13. The number of benzene rings is 1. The average molecular weight is 269 g/mol. The van der Waals surface area contributed by atoms with Gasteiger partial charge in [-0.3, -0.25) is 0 Å². The van der Waals surface area contributed by atoms with Crippen molar-refractivity contribution in [3.8, 4) is 0 Å². The smallest absolute Gasteiger partial charge is 0.178 e. The molecule has 0 heterocycles. The molecule has 1 aromatic carbocycles. The quantitative estimate of drug-likeness (QED) is 0.738. The normalized spacial score (nSPS) is 11.7. The van der Waals surface area contributed by atoms with Gasteiger partial charge in [-0.25, -0.2) is 8.42 Å². The summed E-state index contributed by atoms with van der Waals surface area (Å²) in [6, 6.07) is 7.07. The Morgan fingerprint density at radius 2 is 1.72 bits per heavy atom. The molecule has 0 aliphatic rings. The minimum atomic E-state index is -3.10. The first-order chi connectivity index (χ1) is 8.56. The zero-order chi connectivity index (χ0) is 13.4. The maximum Gasteiger partial charge on any atom is 0.178 e. The lowest BCUT2D eigenvalue weighted by Crippen LogP contribution is -2.17. The first kappa shape index (κ1) is 15.2. The molecule has 4 heteroatoms. The molecule has 0 spiro atoms. The van der Waals surface area contributed by atoms with Gasteiger partial charge in [0.1, 0.15) is 0 Å². The van der Waals surface area contributed by atoms with Gasteiger partial charge in [-0.2, -0.15) is 0 Å². The number of unbranched alkanes of at least 4 members (excludes halogenated alkanes) is 1. The van der Waals surface area contributed by atoms with Crippen molar-refractivity contribution in [2.75, 3.05) is 18.8 Å². The lowest BCUT2D eigenvalue weighted by molar-refractivity contribution is 0.586. The Morgan fingerprint density at radius 1 is 1.06 bits per heavy atom. The summed E-state index contributed by atoms with van der Waals surface area (Å²) in [4.78, 5) is 0.439. The van der Waals surface area contributed by atoms with E-state index in [-0.39, 0.29) is 5.75 Å². The summed E-state index contributed by atoms with van der Waals surface area (Å²) in [5.41, 5.74) is 1.08. The van der Waals surface area contributed by atoms with Crippen molar-refractivity contribution in [3.05, 3.63) is 29.8 Å². The average Bonchev–Trinajstić information content (AvgIpc) is 2.34. The van der Waals surface area contributed by atoms with E-state index in [9.17, 15) is 8.42 Å². The standard InChI is InChI=1S/C14H23NO2S/c1-3-10-15-11-4-5-12-18(16,17)14-8-6-13(2)7-9-14/h6-9,15H,3-5,10-12H2,1-2H3. The van der Waals surface area contributed by atoms with E-state index in [0.717, 1.165) is 31.5 Å². The molecule has 102 valence electrons. The summed E-state index contributed by atoms with van der Waals surface area (Å²) < 4.78 is 24.0. The fourth-order valence-corrected chi connectivity index (χ4v) is 3.08. The van der Waals surface area contributed by atoms with Crippen LogP contribution in [0.2, 0.25) is 0 Å². The van der Waals surface area contributed by atoms with E-state index in [1.54, 1.807) is 12.1 Å². The highest BCUT2D eigenvalue weighted by Crippen LogP contribution is 2.13. The summed E-state index contributed by atoms with van der Waals surface area (Å²) >= 11 is 0. The Labute approximate surface area is 111 Å². The first-order valence-electron chi connectivity index (χ1n) is 6.56. The predicted molar refractivity (Wildman–Crippen MR) is 75.6 cm³/mol. The third-order valence-corrected chi connectivity index (χ3v) is 4.64. The van der Waals surface area contributed by atoms with Crippen LogP contribution in [0.5, 0.6) is 0 Å². The second kappa shape index (κ2) is 7.54. The number of hydrogen-bond acceptors (Lipinski definition) is 3. The summed E-state index contributed by atoms with van der Waals surface area (Å²) in [6.07, 6.45) is 2.74. The molecular formula is C14H23NO2S. The molecule has 3 nitrogen and oxygen atoms in total. The van der Waals surface area contributed by atoms with Gasteiger partial charge in [0, 0.05) is 0 Å². The van der Waals surface area contributed by atoms with Crippen LogP contribution in [0.25, 0.3) is 0 Å². The molecule has 0 unspecified atom stereocenters. The number of nitrogens with one attached hydrogen (secondary N) is 1. The summed E-state index contributed by atoms with van der Waals surface area (Å²) in [5.74, 6) is 0.240. The number of rotatable bonds is 8. The molecule has 0 fully saturated rings. The zero-order valence-electron chi connectivity index (χ0n) is 11.3. The van der Waals surface area contributed by atoms with Crippen molar-refractivity contribution in [2.45, 2.75) is 38.0 Å². The highest BCUT2D eigenvalue weighted by atomic mass is 32.2. The second-order valence-electron chi connectivity index (χ2n) is 4.59. The largest absolute Gasteiger partial charge is 0.317 e. The molecule has 1 N–H and O–H groups in total. The predicted octanol–water partition coefficient (Wildman–Crippen LogP) is 2.55. The molecule has 1 aromatic rings. The lowest BCUT2D eigenvalue weighted by atomic mass is 10.2. The van der Waals surface area contributed by atoms with E-state index in [1.165, 1.54) is 0 Å². The number of hydrogen-bond donors (Lipinski definition) is 1. The third kappa shape index (κ3) is 5.19. The van der Waals surface area contributed by atoms with Crippen molar-refractivity contribution in [1.82, 2.24) is 5.32 Å². The SMILES string of the molecule is CCCNCCCCS(=O)(=O)c1ccc(C)cc1. The second-order valence-corrected chi connectivity index (χ2v) is 6.70. The lowest BCUT2D eigenvalue weighted by Gasteiger charge is -2.05. The molecule has 0 saturated heterocycles. The maximum atomic E-state index is 12.0. The van der Waals surface area contributed by atoms with Gasteiger partial charge in [-0.1, -0.05) is 24.6 Å². The minimum Gasteiger partial charge on any atom is -0.317 e. The van der Waals surface area contributed by atoms with E-state index in [1.807, 2.05) is 19.1 Å². The molecule has 0 aromatic heterocycles. The Bertz CT molecular complexity index is 437. The number of sulfone groups is 1. The van der Waals surface area contributed by atoms with Gasteiger partial charge in [-0.15, -0.1) is 0 Å². The van der Waals surface area contributed by atoms with Gasteiger partial charge in [-0.05, 0) is 51.4 Å². The van der Waals surface area contributed by atoms with Crippen LogP contribution >= 0.6 is 0 Å². The van der Waals surface area contributed by atoms with Crippen molar-refractivity contribution in [3.63, 3.8) is 0 Å². The van der Waals surface area contributed by atoms with Gasteiger partial charge >= 0.3 is 0 Å². The summed E-state index contributed by atoms with van der Waals surface area (Å²) in [5, 5.41) is 3.27. The minimum absolute atomic E-state index is 0.240. The van der Waals surface area contributed by atoms with E-state index < -0.39 is 9.84 Å². The van der Waals surface area contributed by atoms with Crippen LogP contribution in [-0.2, 0) is 9.84 Å². The van der Waals surface area contributed by atoms with Crippen molar-refractivity contribution < 1.29 is 8.42 Å². The van der Waals surface area contributed by atoms with Crippen LogP contribution in [0.15, 0.2) is 29.2 Å². The van der Waals surface area contributed by atoms with Gasteiger partial charge in [0.25, 0.3) is 0 Å². The van der Waals surface area contributed by atoms with Crippen LogP contribution in [0, 0.1) is 6.92 Å². The van der Waals surface area contributed by atoms with Crippen LogP contribution in [-0.4, -0.2) is 27.3 Å². The molecule has 0 bridgehead atoms. The Hall–Kier alpha value is -0.870. The van der Waals surface area contributed by atoms with E-state index in [0.29, 0.717) is 11.3 Å². The number of aryl methyl sites for hydroxylation is 1. The van der Waals surface area contributed by atoms with Crippen LogP contribution in [0.1, 0.15) is 31.7 Å². The fraction of sp³-hybridized carbons (Fsp3) is 0.571. The molecular weight excluding hydrogens is 246 g/mol. The van der Waals surface area contributed by atoms with Crippen molar-refractivity contribution in [1.29, 1.82) is 0 Å².